The standard InChI is InChI=1S/C20H18Cl2N4OS/c1-26-19(14-10-13(14)12-6-3-2-4-7-12)24-25-20(26)28-11-17(27)23-16-9-5-8-15(21)18(16)22/h2-9,13-14H,10-11H2,1H3,(H,23,27). The Morgan fingerprint density at radius 3 is 2.71 bits per heavy atom. The second kappa shape index (κ2) is 8.15. The molecule has 8 heteroatoms. The summed E-state index contributed by atoms with van der Waals surface area (Å²) in [6.45, 7) is 0. The molecule has 1 heterocycles. The first kappa shape index (κ1) is 19.3. The van der Waals surface area contributed by atoms with Gasteiger partial charge in [0, 0.05) is 13.0 Å². The first-order valence-electron chi connectivity index (χ1n) is 8.85. The molecule has 1 N–H and O–H groups in total. The molecule has 0 radical (unpaired) electrons. The van der Waals surface area contributed by atoms with Crippen molar-refractivity contribution in [2.45, 2.75) is 23.4 Å². The van der Waals surface area contributed by atoms with Crippen LogP contribution in [0.1, 0.15) is 29.6 Å². The van der Waals surface area contributed by atoms with Crippen LogP contribution in [0.15, 0.2) is 53.7 Å². The summed E-state index contributed by atoms with van der Waals surface area (Å²) in [7, 11) is 1.95. The second-order valence-electron chi connectivity index (χ2n) is 6.70. The average molecular weight is 433 g/mol. The van der Waals surface area contributed by atoms with E-state index in [0.717, 1.165) is 17.4 Å². The van der Waals surface area contributed by atoms with Crippen molar-refractivity contribution in [3.63, 3.8) is 0 Å². The highest BCUT2D eigenvalue weighted by Crippen LogP contribution is 2.54. The number of hydrogen-bond acceptors (Lipinski definition) is 4. The van der Waals surface area contributed by atoms with Gasteiger partial charge in [-0.25, -0.2) is 0 Å². The molecule has 1 aliphatic rings. The minimum Gasteiger partial charge on any atom is -0.324 e. The van der Waals surface area contributed by atoms with Gasteiger partial charge in [-0.05, 0) is 30.0 Å². The van der Waals surface area contributed by atoms with E-state index in [4.69, 9.17) is 23.2 Å². The fourth-order valence-corrected chi connectivity index (χ4v) is 4.31. The van der Waals surface area contributed by atoms with Crippen LogP contribution < -0.4 is 5.32 Å². The van der Waals surface area contributed by atoms with Crippen LogP contribution in [0.25, 0.3) is 0 Å². The number of rotatable bonds is 6. The zero-order valence-electron chi connectivity index (χ0n) is 15.1. The third-order valence-electron chi connectivity index (χ3n) is 4.78. The smallest absolute Gasteiger partial charge is 0.234 e. The zero-order valence-corrected chi connectivity index (χ0v) is 17.4. The SMILES string of the molecule is Cn1c(SCC(=O)Nc2cccc(Cl)c2Cl)nnc1C1CC1c1ccccc1. The summed E-state index contributed by atoms with van der Waals surface area (Å²) < 4.78 is 1.98. The average Bonchev–Trinajstić information content (AvgIpc) is 3.41. The van der Waals surface area contributed by atoms with Crippen LogP contribution in [0.2, 0.25) is 10.0 Å². The molecule has 4 rings (SSSR count). The van der Waals surface area contributed by atoms with Crippen LogP contribution >= 0.6 is 35.0 Å². The van der Waals surface area contributed by atoms with Crippen LogP contribution in [0.3, 0.4) is 0 Å². The molecule has 5 nitrogen and oxygen atoms in total. The van der Waals surface area contributed by atoms with Gasteiger partial charge in [0.15, 0.2) is 5.16 Å². The Morgan fingerprint density at radius 1 is 1.14 bits per heavy atom. The molecule has 1 aliphatic carbocycles. The Bertz CT molecular complexity index is 1010. The van der Waals surface area contributed by atoms with Gasteiger partial charge in [-0.15, -0.1) is 10.2 Å². The minimum atomic E-state index is -0.174. The monoisotopic (exact) mass is 432 g/mol. The fraction of sp³-hybridized carbons (Fsp3) is 0.250. The normalized spacial score (nSPS) is 18.1. The number of benzene rings is 2. The highest BCUT2D eigenvalue weighted by atomic mass is 35.5. The van der Waals surface area contributed by atoms with Gasteiger partial charge in [0.25, 0.3) is 0 Å². The lowest BCUT2D eigenvalue weighted by molar-refractivity contribution is -0.113. The number of aromatic nitrogens is 3. The van der Waals surface area contributed by atoms with Gasteiger partial charge in [-0.3, -0.25) is 4.79 Å². The van der Waals surface area contributed by atoms with Crippen LogP contribution in [0, 0.1) is 0 Å². The van der Waals surface area contributed by atoms with E-state index >= 15 is 0 Å². The van der Waals surface area contributed by atoms with Crippen molar-refractivity contribution in [3.8, 4) is 0 Å². The van der Waals surface area contributed by atoms with Gasteiger partial charge in [0.1, 0.15) is 5.82 Å². The van der Waals surface area contributed by atoms with Gasteiger partial charge in [-0.1, -0.05) is 71.4 Å². The maximum absolute atomic E-state index is 12.3. The fourth-order valence-electron chi connectivity index (χ4n) is 3.24. The predicted octanol–water partition coefficient (Wildman–Crippen LogP) is 5.12. The molecule has 1 amide bonds. The van der Waals surface area contributed by atoms with E-state index in [1.165, 1.54) is 17.3 Å². The van der Waals surface area contributed by atoms with E-state index in [0.29, 0.717) is 27.6 Å². The highest BCUT2D eigenvalue weighted by molar-refractivity contribution is 7.99. The first-order valence-corrected chi connectivity index (χ1v) is 10.6. The summed E-state index contributed by atoms with van der Waals surface area (Å²) in [5, 5.41) is 12.9. The second-order valence-corrected chi connectivity index (χ2v) is 8.43. The highest BCUT2D eigenvalue weighted by Gasteiger charge is 2.42. The van der Waals surface area contributed by atoms with Crippen molar-refractivity contribution in [3.05, 3.63) is 70.0 Å². The lowest BCUT2D eigenvalue weighted by Gasteiger charge is -2.08. The summed E-state index contributed by atoms with van der Waals surface area (Å²) in [6.07, 6.45) is 1.08. The molecular weight excluding hydrogens is 415 g/mol. The maximum atomic E-state index is 12.3. The molecule has 2 atom stereocenters. The third-order valence-corrected chi connectivity index (χ3v) is 6.62. The van der Waals surface area contributed by atoms with Crippen LogP contribution in [0.4, 0.5) is 5.69 Å². The summed E-state index contributed by atoms with van der Waals surface area (Å²) >= 11 is 13.4. The lowest BCUT2D eigenvalue weighted by Crippen LogP contribution is -2.14. The molecule has 2 aromatic carbocycles. The van der Waals surface area contributed by atoms with Crippen molar-refractivity contribution < 1.29 is 4.79 Å². The number of carbonyl (C=O) groups excluding carboxylic acids is 1. The number of nitrogens with one attached hydrogen (secondary N) is 1. The van der Waals surface area contributed by atoms with Gasteiger partial charge in [0.05, 0.1) is 21.5 Å². The van der Waals surface area contributed by atoms with Crippen molar-refractivity contribution >= 4 is 46.6 Å². The largest absolute Gasteiger partial charge is 0.324 e. The van der Waals surface area contributed by atoms with Crippen molar-refractivity contribution in [2.24, 2.45) is 7.05 Å². The molecular formula is C20H18Cl2N4OS. The Labute approximate surface area is 177 Å². The van der Waals surface area contributed by atoms with Crippen molar-refractivity contribution in [1.82, 2.24) is 14.8 Å². The van der Waals surface area contributed by atoms with E-state index in [2.05, 4.69) is 39.8 Å². The molecule has 1 fully saturated rings. The van der Waals surface area contributed by atoms with Crippen LogP contribution in [-0.4, -0.2) is 26.4 Å². The molecule has 1 saturated carbocycles. The number of anilines is 1. The van der Waals surface area contributed by atoms with E-state index in [9.17, 15) is 4.79 Å². The Hall–Kier alpha value is -2.02. The molecule has 1 aromatic heterocycles. The van der Waals surface area contributed by atoms with E-state index < -0.39 is 0 Å². The van der Waals surface area contributed by atoms with Crippen LogP contribution in [-0.2, 0) is 11.8 Å². The van der Waals surface area contributed by atoms with Gasteiger partial charge < -0.3 is 9.88 Å². The van der Waals surface area contributed by atoms with Gasteiger partial charge >= 0.3 is 0 Å². The molecule has 144 valence electrons. The minimum absolute atomic E-state index is 0.174. The van der Waals surface area contributed by atoms with E-state index in [1.54, 1.807) is 18.2 Å². The number of nitrogens with zero attached hydrogens (tertiary/aromatic N) is 3. The molecule has 0 bridgehead atoms. The molecule has 2 unspecified atom stereocenters. The Balaban J connectivity index is 1.36. The number of thioether (sulfide) groups is 1. The molecule has 0 saturated heterocycles. The van der Waals surface area contributed by atoms with Crippen LogP contribution in [0.5, 0.6) is 0 Å². The summed E-state index contributed by atoms with van der Waals surface area (Å²) in [4.78, 5) is 12.3. The number of amides is 1. The quantitative estimate of drug-likeness (QED) is 0.548. The van der Waals surface area contributed by atoms with E-state index in [1.807, 2.05) is 17.7 Å². The van der Waals surface area contributed by atoms with Crippen molar-refractivity contribution in [1.29, 1.82) is 0 Å². The van der Waals surface area contributed by atoms with E-state index in [-0.39, 0.29) is 11.7 Å². The molecule has 28 heavy (non-hydrogen) atoms. The van der Waals surface area contributed by atoms with Crippen molar-refractivity contribution in [2.75, 3.05) is 11.1 Å². The summed E-state index contributed by atoms with van der Waals surface area (Å²) in [6, 6.07) is 15.6. The Kier molecular flexibility index (Phi) is 5.62. The zero-order chi connectivity index (χ0) is 19.7. The topological polar surface area (TPSA) is 59.8 Å². The third kappa shape index (κ3) is 4.04. The van der Waals surface area contributed by atoms with Gasteiger partial charge in [0.2, 0.25) is 5.91 Å². The number of carbonyl (C=O) groups is 1. The molecule has 0 aliphatic heterocycles. The number of halogens is 2. The maximum Gasteiger partial charge on any atom is 0.234 e. The van der Waals surface area contributed by atoms with Gasteiger partial charge in [-0.2, -0.15) is 0 Å². The summed E-state index contributed by atoms with van der Waals surface area (Å²) in [5.41, 5.74) is 1.84. The Morgan fingerprint density at radius 2 is 1.93 bits per heavy atom. The summed E-state index contributed by atoms with van der Waals surface area (Å²) in [5.74, 6) is 1.88. The molecule has 3 aromatic rings. The molecule has 0 spiro atoms. The first-order chi connectivity index (χ1) is 13.5. The lowest BCUT2D eigenvalue weighted by atomic mass is 10.1. The number of hydrogen-bond donors (Lipinski definition) is 1. The predicted molar refractivity (Wildman–Crippen MR) is 113 cm³/mol.